The fraction of sp³-hybridized carbons (Fsp3) is 0.562. The van der Waals surface area contributed by atoms with Crippen LogP contribution in [0.3, 0.4) is 0 Å². The molecule has 1 heterocycles. The van der Waals surface area contributed by atoms with Crippen molar-refractivity contribution in [1.29, 1.82) is 0 Å². The monoisotopic (exact) mass is 261 g/mol. The maximum absolute atomic E-state index is 11.9. The molecule has 0 radical (unpaired) electrons. The number of piperidine rings is 1. The Morgan fingerprint density at radius 1 is 1.21 bits per heavy atom. The molecule has 3 heteroatoms. The molecule has 0 amide bonds. The third kappa shape index (κ3) is 2.66. The highest BCUT2D eigenvalue weighted by Crippen LogP contribution is 2.34. The third-order valence-electron chi connectivity index (χ3n) is 4.25. The van der Waals surface area contributed by atoms with Gasteiger partial charge in [0.05, 0.1) is 0 Å². The van der Waals surface area contributed by atoms with Crippen LogP contribution in [-0.2, 0) is 10.3 Å². The highest BCUT2D eigenvalue weighted by atomic mass is 16.4. The Bertz CT molecular complexity index is 435. The number of carboxylic acids is 1. The molecule has 0 aliphatic carbocycles. The van der Waals surface area contributed by atoms with E-state index in [1.54, 1.807) is 0 Å². The van der Waals surface area contributed by atoms with Crippen LogP contribution in [0.2, 0.25) is 0 Å². The maximum Gasteiger partial charge on any atom is 0.328 e. The lowest BCUT2D eigenvalue weighted by atomic mass is 9.83. The predicted octanol–water partition coefficient (Wildman–Crippen LogP) is 2.96. The van der Waals surface area contributed by atoms with Crippen LogP contribution < -0.4 is 0 Å². The topological polar surface area (TPSA) is 40.5 Å². The van der Waals surface area contributed by atoms with Crippen LogP contribution in [0.25, 0.3) is 0 Å². The van der Waals surface area contributed by atoms with Gasteiger partial charge in [0.25, 0.3) is 0 Å². The molecular weight excluding hydrogens is 238 g/mol. The van der Waals surface area contributed by atoms with Gasteiger partial charge in [0.1, 0.15) is 5.54 Å². The molecule has 3 nitrogen and oxygen atoms in total. The van der Waals surface area contributed by atoms with E-state index < -0.39 is 11.5 Å². The summed E-state index contributed by atoms with van der Waals surface area (Å²) in [5.41, 5.74) is -0.0618. The number of hydrogen-bond acceptors (Lipinski definition) is 2. The summed E-state index contributed by atoms with van der Waals surface area (Å²) in [5.74, 6) is 0.331. The van der Waals surface area contributed by atoms with Gasteiger partial charge in [-0.05, 0) is 30.7 Å². The van der Waals surface area contributed by atoms with E-state index in [-0.39, 0.29) is 0 Å². The molecule has 3 atom stereocenters. The smallest absolute Gasteiger partial charge is 0.328 e. The van der Waals surface area contributed by atoms with Crippen LogP contribution in [-0.4, -0.2) is 29.1 Å². The largest absolute Gasteiger partial charge is 0.480 e. The number of nitrogens with zero attached hydrogens (tertiary/aromatic N) is 1. The number of carbonyl (C=O) groups is 1. The number of likely N-dealkylation sites (tertiary alicyclic amines) is 1. The van der Waals surface area contributed by atoms with Crippen LogP contribution >= 0.6 is 0 Å². The first-order valence-corrected chi connectivity index (χ1v) is 6.98. The van der Waals surface area contributed by atoms with Gasteiger partial charge in [-0.3, -0.25) is 4.90 Å². The van der Waals surface area contributed by atoms with E-state index >= 15 is 0 Å². The Morgan fingerprint density at radius 3 is 2.21 bits per heavy atom. The fourth-order valence-corrected chi connectivity index (χ4v) is 3.23. The average molecular weight is 261 g/mol. The number of benzene rings is 1. The summed E-state index contributed by atoms with van der Waals surface area (Å²) in [7, 11) is 0. The van der Waals surface area contributed by atoms with Crippen LogP contribution in [0.15, 0.2) is 30.3 Å². The van der Waals surface area contributed by atoms with E-state index in [0.29, 0.717) is 11.8 Å². The van der Waals surface area contributed by atoms with Gasteiger partial charge in [-0.1, -0.05) is 44.2 Å². The first-order chi connectivity index (χ1) is 8.94. The number of carboxylic acid groups (broad SMARTS) is 1. The summed E-state index contributed by atoms with van der Waals surface area (Å²) in [5, 5.41) is 9.77. The van der Waals surface area contributed by atoms with Crippen LogP contribution in [0.4, 0.5) is 0 Å². The Labute approximate surface area is 115 Å². The quantitative estimate of drug-likeness (QED) is 0.909. The first kappa shape index (κ1) is 14.1. The molecule has 1 saturated heterocycles. The molecule has 1 N–H and O–H groups in total. The van der Waals surface area contributed by atoms with Crippen molar-refractivity contribution in [3.8, 4) is 0 Å². The third-order valence-corrected chi connectivity index (χ3v) is 4.25. The zero-order chi connectivity index (χ0) is 14.0. The summed E-state index contributed by atoms with van der Waals surface area (Å²) in [6.07, 6.45) is 1.18. The van der Waals surface area contributed by atoms with Gasteiger partial charge in [0.2, 0.25) is 0 Å². The SMILES string of the molecule is C[C@@H]1C[C@H](C)CN([C@](C)(C(=O)O)c2ccccc2)C1. The first-order valence-electron chi connectivity index (χ1n) is 6.98. The lowest BCUT2D eigenvalue weighted by Crippen LogP contribution is -2.54. The minimum atomic E-state index is -0.926. The molecule has 0 saturated carbocycles. The Balaban J connectivity index is 2.37. The molecule has 2 rings (SSSR count). The second-order valence-corrected chi connectivity index (χ2v) is 6.09. The highest BCUT2D eigenvalue weighted by Gasteiger charge is 2.43. The van der Waals surface area contributed by atoms with E-state index in [1.807, 2.05) is 37.3 Å². The number of aliphatic carboxylic acids is 1. The fourth-order valence-electron chi connectivity index (χ4n) is 3.23. The van der Waals surface area contributed by atoms with Gasteiger partial charge in [-0.25, -0.2) is 4.79 Å². The lowest BCUT2D eigenvalue weighted by Gasteiger charge is -2.44. The molecule has 1 aliphatic heterocycles. The van der Waals surface area contributed by atoms with Gasteiger partial charge in [0.15, 0.2) is 0 Å². The van der Waals surface area contributed by atoms with Gasteiger partial charge in [-0.2, -0.15) is 0 Å². The summed E-state index contributed by atoms with van der Waals surface area (Å²) < 4.78 is 0. The van der Waals surface area contributed by atoms with Crippen molar-refractivity contribution in [2.45, 2.75) is 32.7 Å². The van der Waals surface area contributed by atoms with Crippen molar-refractivity contribution in [2.75, 3.05) is 13.1 Å². The molecule has 1 fully saturated rings. The summed E-state index contributed by atoms with van der Waals surface area (Å²) >= 11 is 0. The van der Waals surface area contributed by atoms with Gasteiger partial charge >= 0.3 is 5.97 Å². The molecule has 1 aliphatic rings. The van der Waals surface area contributed by atoms with E-state index in [1.165, 1.54) is 6.42 Å². The molecule has 0 bridgehead atoms. The molecule has 0 unspecified atom stereocenters. The van der Waals surface area contributed by atoms with Crippen LogP contribution in [0, 0.1) is 11.8 Å². The van der Waals surface area contributed by atoms with E-state index in [0.717, 1.165) is 18.7 Å². The minimum absolute atomic E-state index is 0.547. The van der Waals surface area contributed by atoms with Crippen molar-refractivity contribution >= 4 is 5.97 Å². The second-order valence-electron chi connectivity index (χ2n) is 6.09. The van der Waals surface area contributed by atoms with Gasteiger partial charge in [0, 0.05) is 13.1 Å². The van der Waals surface area contributed by atoms with E-state index in [4.69, 9.17) is 0 Å². The van der Waals surface area contributed by atoms with E-state index in [9.17, 15) is 9.90 Å². The van der Waals surface area contributed by atoms with Crippen molar-refractivity contribution < 1.29 is 9.90 Å². The van der Waals surface area contributed by atoms with Crippen molar-refractivity contribution in [3.63, 3.8) is 0 Å². The summed E-state index contributed by atoms with van der Waals surface area (Å²) in [4.78, 5) is 14.0. The average Bonchev–Trinajstić information content (AvgIpc) is 2.37. The van der Waals surface area contributed by atoms with Crippen LogP contribution in [0.5, 0.6) is 0 Å². The molecule has 0 aromatic heterocycles. The van der Waals surface area contributed by atoms with Gasteiger partial charge < -0.3 is 5.11 Å². The molecule has 1 aromatic carbocycles. The van der Waals surface area contributed by atoms with Crippen LogP contribution in [0.1, 0.15) is 32.8 Å². The normalized spacial score (nSPS) is 27.7. The Kier molecular flexibility index (Phi) is 3.95. The van der Waals surface area contributed by atoms with E-state index in [2.05, 4.69) is 18.7 Å². The summed E-state index contributed by atoms with van der Waals surface area (Å²) in [6.45, 7) is 7.94. The molecule has 104 valence electrons. The minimum Gasteiger partial charge on any atom is -0.480 e. The molecule has 1 aromatic rings. The molecule has 19 heavy (non-hydrogen) atoms. The standard InChI is InChI=1S/C16H23NO2/c1-12-9-13(2)11-17(10-12)16(3,15(18)19)14-7-5-4-6-8-14/h4-8,12-13H,9-11H2,1-3H3,(H,18,19)/t12-,13+,16-/m0/s1. The number of hydrogen-bond donors (Lipinski definition) is 1. The summed E-state index contributed by atoms with van der Waals surface area (Å²) in [6, 6.07) is 9.57. The predicted molar refractivity (Wildman–Crippen MR) is 75.9 cm³/mol. The zero-order valence-electron chi connectivity index (χ0n) is 12.0. The number of rotatable bonds is 3. The van der Waals surface area contributed by atoms with Gasteiger partial charge in [-0.15, -0.1) is 0 Å². The second kappa shape index (κ2) is 5.33. The Hall–Kier alpha value is -1.35. The lowest BCUT2D eigenvalue weighted by molar-refractivity contribution is -0.153. The van der Waals surface area contributed by atoms with Crippen molar-refractivity contribution in [3.05, 3.63) is 35.9 Å². The Morgan fingerprint density at radius 2 is 1.74 bits per heavy atom. The molecule has 0 spiro atoms. The highest BCUT2D eigenvalue weighted by molar-refractivity contribution is 5.80. The maximum atomic E-state index is 11.9. The molecular formula is C16H23NO2. The van der Waals surface area contributed by atoms with Crippen molar-refractivity contribution in [2.24, 2.45) is 11.8 Å². The van der Waals surface area contributed by atoms with Crippen molar-refractivity contribution in [1.82, 2.24) is 4.90 Å². The zero-order valence-corrected chi connectivity index (χ0v) is 12.0.